The molecule has 1 unspecified atom stereocenters. The van der Waals surface area contributed by atoms with Crippen LogP contribution >= 0.6 is 0 Å². The number of anilines is 1. The fourth-order valence-electron chi connectivity index (χ4n) is 6.38. The molecule has 0 radical (unpaired) electrons. The maximum Gasteiger partial charge on any atom is 0.119 e. The minimum Gasteiger partial charge on any atom is -0.494 e. The maximum absolute atomic E-state index is 6.11. The van der Waals surface area contributed by atoms with Crippen molar-refractivity contribution in [3.05, 3.63) is 60.2 Å². The van der Waals surface area contributed by atoms with Crippen LogP contribution in [0.2, 0.25) is 0 Å². The zero-order valence-corrected chi connectivity index (χ0v) is 21.6. The van der Waals surface area contributed by atoms with Crippen molar-refractivity contribution in [3.8, 4) is 5.75 Å². The Hall–Kier alpha value is -2.04. The SMILES string of the molecule is c1ccc(CC2CCN(CCCOc3ccc(N4CCCC4CN4CCCCC4)cc3)CC2)cc1. The van der Waals surface area contributed by atoms with E-state index in [1.54, 1.807) is 0 Å². The molecule has 0 amide bonds. The molecule has 5 rings (SSSR count). The highest BCUT2D eigenvalue weighted by atomic mass is 16.5. The first-order chi connectivity index (χ1) is 17.3. The molecule has 4 heteroatoms. The van der Waals surface area contributed by atoms with Crippen molar-refractivity contribution in [2.75, 3.05) is 57.3 Å². The Balaban J connectivity index is 0.991. The molecule has 3 saturated heterocycles. The summed E-state index contributed by atoms with van der Waals surface area (Å²) in [5.41, 5.74) is 2.86. The Morgan fingerprint density at radius 3 is 2.26 bits per heavy atom. The molecule has 0 saturated carbocycles. The summed E-state index contributed by atoms with van der Waals surface area (Å²) < 4.78 is 6.11. The van der Waals surface area contributed by atoms with Crippen LogP contribution in [0.5, 0.6) is 5.75 Å². The lowest BCUT2D eigenvalue weighted by molar-refractivity contribution is 0.170. The average Bonchev–Trinajstić information content (AvgIpc) is 3.37. The average molecular weight is 476 g/mol. The number of nitrogens with zero attached hydrogens (tertiary/aromatic N) is 3. The smallest absolute Gasteiger partial charge is 0.119 e. The first-order valence-electron chi connectivity index (χ1n) is 14.3. The van der Waals surface area contributed by atoms with E-state index in [-0.39, 0.29) is 0 Å². The molecule has 0 bridgehead atoms. The fourth-order valence-corrected chi connectivity index (χ4v) is 6.38. The van der Waals surface area contributed by atoms with Gasteiger partial charge in [-0.2, -0.15) is 0 Å². The molecular weight excluding hydrogens is 430 g/mol. The van der Waals surface area contributed by atoms with Crippen LogP contribution in [-0.4, -0.2) is 68.3 Å². The van der Waals surface area contributed by atoms with Crippen LogP contribution in [-0.2, 0) is 6.42 Å². The molecule has 35 heavy (non-hydrogen) atoms. The summed E-state index contributed by atoms with van der Waals surface area (Å²) in [7, 11) is 0. The Labute approximate surface area is 213 Å². The summed E-state index contributed by atoms with van der Waals surface area (Å²) >= 11 is 0. The van der Waals surface area contributed by atoms with Crippen molar-refractivity contribution >= 4 is 5.69 Å². The van der Waals surface area contributed by atoms with Crippen molar-refractivity contribution in [2.24, 2.45) is 5.92 Å². The van der Waals surface area contributed by atoms with Gasteiger partial charge in [0, 0.05) is 31.4 Å². The second kappa shape index (κ2) is 12.8. The third-order valence-electron chi connectivity index (χ3n) is 8.42. The van der Waals surface area contributed by atoms with Gasteiger partial charge in [-0.3, -0.25) is 0 Å². The molecule has 1 atom stereocenters. The van der Waals surface area contributed by atoms with Crippen LogP contribution in [0.4, 0.5) is 5.69 Å². The first-order valence-corrected chi connectivity index (χ1v) is 14.3. The minimum absolute atomic E-state index is 0.678. The Morgan fingerprint density at radius 2 is 1.49 bits per heavy atom. The summed E-state index contributed by atoms with van der Waals surface area (Å²) in [6, 6.07) is 20.6. The van der Waals surface area contributed by atoms with Gasteiger partial charge in [-0.25, -0.2) is 0 Å². The van der Waals surface area contributed by atoms with Crippen molar-refractivity contribution in [2.45, 2.75) is 63.8 Å². The number of likely N-dealkylation sites (tertiary alicyclic amines) is 2. The van der Waals surface area contributed by atoms with Crippen molar-refractivity contribution in [1.29, 1.82) is 0 Å². The van der Waals surface area contributed by atoms with Gasteiger partial charge < -0.3 is 19.4 Å². The van der Waals surface area contributed by atoms with Gasteiger partial charge in [0.25, 0.3) is 0 Å². The molecule has 0 spiro atoms. The minimum atomic E-state index is 0.678. The van der Waals surface area contributed by atoms with E-state index in [1.807, 2.05) is 0 Å². The van der Waals surface area contributed by atoms with E-state index in [9.17, 15) is 0 Å². The van der Waals surface area contributed by atoms with E-state index in [0.717, 1.165) is 31.2 Å². The van der Waals surface area contributed by atoms with Gasteiger partial charge in [-0.1, -0.05) is 36.8 Å². The lowest BCUT2D eigenvalue weighted by Crippen LogP contribution is -2.42. The third-order valence-corrected chi connectivity index (χ3v) is 8.42. The van der Waals surface area contributed by atoms with Crippen LogP contribution in [0.1, 0.15) is 56.9 Å². The number of hydrogen-bond acceptors (Lipinski definition) is 4. The fraction of sp³-hybridized carbons (Fsp3) is 0.613. The summed E-state index contributed by atoms with van der Waals surface area (Å²) in [4.78, 5) is 7.96. The van der Waals surface area contributed by atoms with E-state index in [1.165, 1.54) is 102 Å². The zero-order valence-electron chi connectivity index (χ0n) is 21.6. The van der Waals surface area contributed by atoms with Gasteiger partial charge in [0.05, 0.1) is 6.61 Å². The first kappa shape index (κ1) is 24.6. The number of rotatable bonds is 10. The largest absolute Gasteiger partial charge is 0.494 e. The van der Waals surface area contributed by atoms with E-state index < -0.39 is 0 Å². The molecule has 3 heterocycles. The second-order valence-corrected chi connectivity index (χ2v) is 11.0. The van der Waals surface area contributed by atoms with E-state index in [4.69, 9.17) is 4.74 Å². The molecule has 2 aromatic carbocycles. The normalized spacial score (nSPS) is 22.5. The van der Waals surface area contributed by atoms with Gasteiger partial charge in [-0.05, 0) is 113 Å². The van der Waals surface area contributed by atoms with Crippen LogP contribution in [0.15, 0.2) is 54.6 Å². The lowest BCUT2D eigenvalue weighted by atomic mass is 9.90. The number of piperidine rings is 2. The predicted octanol–water partition coefficient (Wildman–Crippen LogP) is 5.86. The van der Waals surface area contributed by atoms with Crippen molar-refractivity contribution in [1.82, 2.24) is 9.80 Å². The molecule has 2 aromatic rings. The molecule has 3 fully saturated rings. The Kier molecular flexibility index (Phi) is 9.00. The molecule has 0 aromatic heterocycles. The summed E-state index contributed by atoms with van der Waals surface area (Å²) in [5, 5.41) is 0. The zero-order chi connectivity index (χ0) is 23.7. The molecule has 4 nitrogen and oxygen atoms in total. The number of benzene rings is 2. The van der Waals surface area contributed by atoms with E-state index >= 15 is 0 Å². The molecule has 0 aliphatic carbocycles. The monoisotopic (exact) mass is 475 g/mol. The highest BCUT2D eigenvalue weighted by Crippen LogP contribution is 2.28. The highest BCUT2D eigenvalue weighted by Gasteiger charge is 2.27. The van der Waals surface area contributed by atoms with Gasteiger partial charge in [0.1, 0.15) is 5.75 Å². The number of hydrogen-bond donors (Lipinski definition) is 0. The van der Waals surface area contributed by atoms with E-state index in [0.29, 0.717) is 6.04 Å². The highest BCUT2D eigenvalue weighted by molar-refractivity contribution is 5.51. The number of ether oxygens (including phenoxy) is 1. The molecular formula is C31H45N3O. The second-order valence-electron chi connectivity index (χ2n) is 11.0. The van der Waals surface area contributed by atoms with Crippen LogP contribution in [0.25, 0.3) is 0 Å². The Morgan fingerprint density at radius 1 is 0.714 bits per heavy atom. The van der Waals surface area contributed by atoms with Crippen LogP contribution in [0, 0.1) is 5.92 Å². The summed E-state index contributed by atoms with van der Waals surface area (Å²) in [6.45, 7) is 9.46. The van der Waals surface area contributed by atoms with Gasteiger partial charge in [-0.15, -0.1) is 0 Å². The molecule has 0 N–H and O–H groups in total. The maximum atomic E-state index is 6.11. The molecule has 3 aliphatic heterocycles. The van der Waals surface area contributed by atoms with Crippen molar-refractivity contribution in [3.63, 3.8) is 0 Å². The molecule has 3 aliphatic rings. The van der Waals surface area contributed by atoms with Gasteiger partial charge in [0.15, 0.2) is 0 Å². The quantitative estimate of drug-likeness (QED) is 0.400. The third kappa shape index (κ3) is 7.24. The lowest BCUT2D eigenvalue weighted by Gasteiger charge is -2.34. The van der Waals surface area contributed by atoms with Crippen molar-refractivity contribution < 1.29 is 4.74 Å². The summed E-state index contributed by atoms with van der Waals surface area (Å²) in [5.74, 6) is 1.86. The van der Waals surface area contributed by atoms with Gasteiger partial charge in [0.2, 0.25) is 0 Å². The van der Waals surface area contributed by atoms with Crippen LogP contribution < -0.4 is 9.64 Å². The predicted molar refractivity (Wildman–Crippen MR) is 147 cm³/mol. The van der Waals surface area contributed by atoms with Gasteiger partial charge >= 0.3 is 0 Å². The standard InChI is InChI=1S/C31H45N3O/c1-3-9-27(10-4-1)25-28-16-22-32(23-17-28)20-8-24-35-31-14-12-29(13-15-31)34-21-7-11-30(34)26-33-18-5-2-6-19-33/h1,3-4,9-10,12-15,28,30H,2,5-8,11,16-26H2. The summed E-state index contributed by atoms with van der Waals surface area (Å²) in [6.07, 6.45) is 11.8. The molecule has 190 valence electrons. The Bertz CT molecular complexity index is 857. The topological polar surface area (TPSA) is 19.0 Å². The van der Waals surface area contributed by atoms with E-state index in [2.05, 4.69) is 69.3 Å². The van der Waals surface area contributed by atoms with Crippen LogP contribution in [0.3, 0.4) is 0 Å².